The Labute approximate surface area is 121 Å². The molecule has 5 nitrogen and oxygen atoms in total. The molecule has 114 valence electrons. The predicted molar refractivity (Wildman–Crippen MR) is 78.1 cm³/mol. The van der Waals surface area contributed by atoms with Crippen molar-refractivity contribution in [3.8, 4) is 0 Å². The SMILES string of the molecule is CC(CC(=O)NCCNC(=O)C1CC1)C1CCNCC1. The van der Waals surface area contributed by atoms with Crippen molar-refractivity contribution in [3.05, 3.63) is 0 Å². The van der Waals surface area contributed by atoms with Crippen LogP contribution >= 0.6 is 0 Å². The summed E-state index contributed by atoms with van der Waals surface area (Å²) in [5.74, 6) is 1.60. The molecule has 0 aromatic carbocycles. The summed E-state index contributed by atoms with van der Waals surface area (Å²) in [6.07, 6.45) is 4.98. The molecule has 0 aromatic heterocycles. The molecule has 1 unspecified atom stereocenters. The molecule has 1 saturated carbocycles. The summed E-state index contributed by atoms with van der Waals surface area (Å²) in [4.78, 5) is 23.3. The highest BCUT2D eigenvalue weighted by Gasteiger charge is 2.29. The Morgan fingerprint density at radius 2 is 1.75 bits per heavy atom. The molecule has 0 spiro atoms. The van der Waals surface area contributed by atoms with E-state index in [-0.39, 0.29) is 17.7 Å². The number of hydrogen-bond donors (Lipinski definition) is 3. The minimum atomic E-state index is 0.108. The van der Waals surface area contributed by atoms with E-state index < -0.39 is 0 Å². The number of rotatable bonds is 7. The Bertz CT molecular complexity index is 336. The summed E-state index contributed by atoms with van der Waals surface area (Å²) in [6.45, 7) is 5.40. The van der Waals surface area contributed by atoms with E-state index in [1.807, 2.05) is 0 Å². The average molecular weight is 281 g/mol. The third kappa shape index (κ3) is 5.12. The molecule has 2 aliphatic rings. The molecule has 1 aliphatic heterocycles. The number of piperidine rings is 1. The summed E-state index contributed by atoms with van der Waals surface area (Å²) >= 11 is 0. The van der Waals surface area contributed by atoms with Crippen LogP contribution in [0, 0.1) is 17.8 Å². The van der Waals surface area contributed by atoms with E-state index >= 15 is 0 Å². The number of carbonyl (C=O) groups excluding carboxylic acids is 2. The normalized spacial score (nSPS) is 21.2. The van der Waals surface area contributed by atoms with Gasteiger partial charge in [0.15, 0.2) is 0 Å². The van der Waals surface area contributed by atoms with Crippen molar-refractivity contribution in [2.24, 2.45) is 17.8 Å². The van der Waals surface area contributed by atoms with Crippen LogP contribution in [-0.4, -0.2) is 38.0 Å². The second kappa shape index (κ2) is 7.62. The zero-order valence-electron chi connectivity index (χ0n) is 12.4. The molecular weight excluding hydrogens is 254 g/mol. The molecule has 2 rings (SSSR count). The van der Waals surface area contributed by atoms with Crippen LogP contribution in [0.25, 0.3) is 0 Å². The van der Waals surface area contributed by atoms with E-state index in [0.29, 0.717) is 31.3 Å². The van der Waals surface area contributed by atoms with E-state index in [0.717, 1.165) is 25.9 Å². The van der Waals surface area contributed by atoms with Crippen LogP contribution in [0.4, 0.5) is 0 Å². The van der Waals surface area contributed by atoms with Gasteiger partial charge < -0.3 is 16.0 Å². The van der Waals surface area contributed by atoms with Crippen LogP contribution in [0.15, 0.2) is 0 Å². The maximum Gasteiger partial charge on any atom is 0.223 e. The maximum absolute atomic E-state index is 11.8. The maximum atomic E-state index is 11.8. The van der Waals surface area contributed by atoms with Gasteiger partial charge in [-0.1, -0.05) is 6.92 Å². The Hall–Kier alpha value is -1.10. The van der Waals surface area contributed by atoms with Crippen molar-refractivity contribution < 1.29 is 9.59 Å². The summed E-state index contributed by atoms with van der Waals surface area (Å²) in [7, 11) is 0. The fourth-order valence-electron chi connectivity index (χ4n) is 2.82. The van der Waals surface area contributed by atoms with Gasteiger partial charge >= 0.3 is 0 Å². The first-order chi connectivity index (χ1) is 9.66. The molecule has 3 N–H and O–H groups in total. The highest BCUT2D eigenvalue weighted by atomic mass is 16.2. The van der Waals surface area contributed by atoms with Gasteiger partial charge in [-0.2, -0.15) is 0 Å². The molecule has 2 amide bonds. The monoisotopic (exact) mass is 281 g/mol. The van der Waals surface area contributed by atoms with Crippen LogP contribution in [0.2, 0.25) is 0 Å². The van der Waals surface area contributed by atoms with Gasteiger partial charge in [-0.15, -0.1) is 0 Å². The van der Waals surface area contributed by atoms with Crippen molar-refractivity contribution in [3.63, 3.8) is 0 Å². The lowest BCUT2D eigenvalue weighted by Gasteiger charge is -2.27. The van der Waals surface area contributed by atoms with Gasteiger partial charge in [0.25, 0.3) is 0 Å². The second-order valence-electron chi connectivity index (χ2n) is 6.18. The molecule has 1 saturated heterocycles. The average Bonchev–Trinajstić information content (AvgIpc) is 3.29. The molecular formula is C15H27N3O2. The van der Waals surface area contributed by atoms with Gasteiger partial charge in [0.05, 0.1) is 0 Å². The standard InChI is InChI=1S/C15H27N3O2/c1-11(12-4-6-16-7-5-12)10-14(19)17-8-9-18-15(20)13-2-3-13/h11-13,16H,2-10H2,1H3,(H,17,19)(H,18,20). The fourth-order valence-corrected chi connectivity index (χ4v) is 2.82. The van der Waals surface area contributed by atoms with E-state index in [2.05, 4.69) is 22.9 Å². The van der Waals surface area contributed by atoms with Crippen LogP contribution in [0.5, 0.6) is 0 Å². The van der Waals surface area contributed by atoms with Crippen LogP contribution in [0.1, 0.15) is 39.0 Å². The van der Waals surface area contributed by atoms with E-state index in [1.54, 1.807) is 0 Å². The summed E-state index contributed by atoms with van der Waals surface area (Å²) in [5.41, 5.74) is 0. The van der Waals surface area contributed by atoms with E-state index in [4.69, 9.17) is 0 Å². The first-order valence-corrected chi connectivity index (χ1v) is 7.92. The van der Waals surface area contributed by atoms with Crippen LogP contribution in [0.3, 0.4) is 0 Å². The number of nitrogens with one attached hydrogen (secondary N) is 3. The number of carbonyl (C=O) groups is 2. The highest BCUT2D eigenvalue weighted by Crippen LogP contribution is 2.28. The minimum absolute atomic E-state index is 0.108. The Kier molecular flexibility index (Phi) is 5.83. The first kappa shape index (κ1) is 15.3. The first-order valence-electron chi connectivity index (χ1n) is 7.92. The van der Waals surface area contributed by atoms with E-state index in [1.165, 1.54) is 12.8 Å². The van der Waals surface area contributed by atoms with Crippen LogP contribution < -0.4 is 16.0 Å². The predicted octanol–water partition coefficient (Wildman–Crippen LogP) is 0.655. The molecule has 2 fully saturated rings. The van der Waals surface area contributed by atoms with Gasteiger partial charge in [-0.05, 0) is 50.6 Å². The quantitative estimate of drug-likeness (QED) is 0.600. The lowest BCUT2D eigenvalue weighted by molar-refractivity contribution is -0.124. The fraction of sp³-hybridized carbons (Fsp3) is 0.867. The zero-order chi connectivity index (χ0) is 14.4. The Balaban J connectivity index is 1.53. The van der Waals surface area contributed by atoms with Gasteiger partial charge in [0.2, 0.25) is 11.8 Å². The molecule has 0 radical (unpaired) electrons. The third-order valence-corrected chi connectivity index (χ3v) is 4.39. The van der Waals surface area contributed by atoms with Crippen molar-refractivity contribution in [1.82, 2.24) is 16.0 Å². The molecule has 0 aromatic rings. The largest absolute Gasteiger partial charge is 0.354 e. The molecule has 1 heterocycles. The third-order valence-electron chi connectivity index (χ3n) is 4.39. The van der Waals surface area contributed by atoms with Crippen molar-refractivity contribution in [1.29, 1.82) is 0 Å². The van der Waals surface area contributed by atoms with Gasteiger partial charge in [-0.3, -0.25) is 9.59 Å². The Morgan fingerprint density at radius 3 is 2.40 bits per heavy atom. The molecule has 1 aliphatic carbocycles. The zero-order valence-corrected chi connectivity index (χ0v) is 12.4. The number of amides is 2. The lowest BCUT2D eigenvalue weighted by atomic mass is 9.84. The highest BCUT2D eigenvalue weighted by molar-refractivity contribution is 5.81. The van der Waals surface area contributed by atoms with Crippen molar-refractivity contribution >= 4 is 11.8 Å². The van der Waals surface area contributed by atoms with Gasteiger partial charge in [0, 0.05) is 25.4 Å². The van der Waals surface area contributed by atoms with Crippen molar-refractivity contribution in [2.75, 3.05) is 26.2 Å². The number of hydrogen-bond acceptors (Lipinski definition) is 3. The van der Waals surface area contributed by atoms with Crippen LogP contribution in [-0.2, 0) is 9.59 Å². The molecule has 0 bridgehead atoms. The smallest absolute Gasteiger partial charge is 0.223 e. The molecule has 5 heteroatoms. The topological polar surface area (TPSA) is 70.2 Å². The van der Waals surface area contributed by atoms with Gasteiger partial charge in [0.1, 0.15) is 0 Å². The lowest BCUT2D eigenvalue weighted by Crippen LogP contribution is -2.37. The Morgan fingerprint density at radius 1 is 1.10 bits per heavy atom. The minimum Gasteiger partial charge on any atom is -0.354 e. The summed E-state index contributed by atoms with van der Waals surface area (Å²) < 4.78 is 0. The molecule has 1 atom stereocenters. The van der Waals surface area contributed by atoms with E-state index in [9.17, 15) is 9.59 Å². The molecule has 20 heavy (non-hydrogen) atoms. The second-order valence-corrected chi connectivity index (χ2v) is 6.18. The summed E-state index contributed by atoms with van der Waals surface area (Å²) in [5, 5.41) is 9.10. The van der Waals surface area contributed by atoms with Gasteiger partial charge in [-0.25, -0.2) is 0 Å². The summed E-state index contributed by atoms with van der Waals surface area (Å²) in [6, 6.07) is 0. The van der Waals surface area contributed by atoms with Crippen molar-refractivity contribution in [2.45, 2.75) is 39.0 Å².